The highest BCUT2D eigenvalue weighted by Gasteiger charge is 2.00. The van der Waals surface area contributed by atoms with Crippen LogP contribution in [0.15, 0.2) is 17.1 Å². The third kappa shape index (κ3) is 4.61. The summed E-state index contributed by atoms with van der Waals surface area (Å²) in [4.78, 5) is 11.6. The molecule has 1 aromatic heterocycles. The molecule has 0 aliphatic rings. The van der Waals surface area contributed by atoms with E-state index in [2.05, 4.69) is 13.8 Å². The van der Waals surface area contributed by atoms with Crippen LogP contribution < -0.4 is 11.3 Å². The summed E-state index contributed by atoms with van der Waals surface area (Å²) in [5.74, 6) is 0.646. The van der Waals surface area contributed by atoms with Crippen LogP contribution in [0.5, 0.6) is 0 Å². The number of hydrogen-bond acceptors (Lipinski definition) is 3. The molecule has 17 heavy (non-hydrogen) atoms. The van der Waals surface area contributed by atoms with Crippen LogP contribution in [0.2, 0.25) is 0 Å². The fourth-order valence-corrected chi connectivity index (χ4v) is 1.44. The van der Waals surface area contributed by atoms with Gasteiger partial charge in [0.15, 0.2) is 0 Å². The second kappa shape index (κ2) is 6.45. The molecule has 1 aromatic rings. The van der Waals surface area contributed by atoms with Gasteiger partial charge in [0.25, 0.3) is 5.56 Å². The van der Waals surface area contributed by atoms with E-state index in [1.165, 1.54) is 0 Å². The van der Waals surface area contributed by atoms with E-state index in [1.807, 2.05) is 6.92 Å². The lowest BCUT2D eigenvalue weighted by Gasteiger charge is -2.09. The predicted molar refractivity (Wildman–Crippen MR) is 70.1 cm³/mol. The highest BCUT2D eigenvalue weighted by Crippen LogP contribution is 2.05. The second-order valence-corrected chi connectivity index (χ2v) is 4.74. The van der Waals surface area contributed by atoms with Crippen LogP contribution >= 0.6 is 0 Å². The van der Waals surface area contributed by atoms with E-state index in [-0.39, 0.29) is 5.56 Å². The van der Waals surface area contributed by atoms with Crippen molar-refractivity contribution in [1.82, 2.24) is 4.57 Å². The number of aryl methyl sites for hydroxylation is 1. The molecule has 0 spiro atoms. The first-order chi connectivity index (χ1) is 8.00. The third-order valence-corrected chi connectivity index (χ3v) is 2.69. The summed E-state index contributed by atoms with van der Waals surface area (Å²) >= 11 is 0. The topological polar surface area (TPSA) is 57.2 Å². The average Bonchev–Trinajstić information content (AvgIpc) is 2.24. The minimum absolute atomic E-state index is 0.0239. The Balaban J connectivity index is 2.42. The Hall–Kier alpha value is -1.29. The molecule has 4 nitrogen and oxygen atoms in total. The zero-order chi connectivity index (χ0) is 12.8. The quantitative estimate of drug-likeness (QED) is 0.769. The molecule has 4 heteroatoms. The van der Waals surface area contributed by atoms with Crippen LogP contribution in [0.25, 0.3) is 0 Å². The number of nitrogens with zero attached hydrogens (tertiary/aromatic N) is 1. The summed E-state index contributed by atoms with van der Waals surface area (Å²) in [5.41, 5.74) is 7.21. The molecule has 0 atom stereocenters. The van der Waals surface area contributed by atoms with Crippen molar-refractivity contribution in [3.8, 4) is 0 Å². The van der Waals surface area contributed by atoms with Crippen molar-refractivity contribution in [2.75, 3.05) is 18.9 Å². The Morgan fingerprint density at radius 2 is 2.12 bits per heavy atom. The molecule has 0 aromatic carbocycles. The van der Waals surface area contributed by atoms with E-state index in [4.69, 9.17) is 10.5 Å². The summed E-state index contributed by atoms with van der Waals surface area (Å²) in [6.07, 6.45) is 2.73. The van der Waals surface area contributed by atoms with Crippen LogP contribution in [0.4, 0.5) is 5.69 Å². The van der Waals surface area contributed by atoms with Crippen molar-refractivity contribution >= 4 is 5.69 Å². The van der Waals surface area contributed by atoms with Crippen molar-refractivity contribution in [3.05, 3.63) is 28.2 Å². The number of nitrogen functional groups attached to an aromatic ring is 1. The Bertz CT molecular complexity index is 410. The number of aromatic nitrogens is 1. The van der Waals surface area contributed by atoms with Gasteiger partial charge in [-0.2, -0.15) is 0 Å². The summed E-state index contributed by atoms with van der Waals surface area (Å²) in [5, 5.41) is 0. The van der Waals surface area contributed by atoms with Crippen LogP contribution in [-0.4, -0.2) is 17.8 Å². The molecule has 0 aliphatic carbocycles. The van der Waals surface area contributed by atoms with Gasteiger partial charge in [-0.1, -0.05) is 13.8 Å². The minimum atomic E-state index is -0.0239. The van der Waals surface area contributed by atoms with Crippen LogP contribution in [-0.2, 0) is 11.3 Å². The Kier molecular flexibility index (Phi) is 5.22. The van der Waals surface area contributed by atoms with Gasteiger partial charge in [-0.25, -0.2) is 0 Å². The predicted octanol–water partition coefficient (Wildman–Crippen LogP) is 1.80. The summed E-state index contributed by atoms with van der Waals surface area (Å²) in [6, 6.07) is 1.56. The van der Waals surface area contributed by atoms with Gasteiger partial charge in [-0.05, 0) is 24.8 Å². The van der Waals surface area contributed by atoms with Crippen LogP contribution in [0.1, 0.15) is 25.8 Å². The number of anilines is 1. The van der Waals surface area contributed by atoms with E-state index in [1.54, 1.807) is 16.8 Å². The van der Waals surface area contributed by atoms with Crippen molar-refractivity contribution in [1.29, 1.82) is 0 Å². The standard InChI is InChI=1S/C13H22N2O2/c1-10(2)4-6-17-7-5-15-9-12(14)11(3)8-13(15)16/h8-10H,4-7,14H2,1-3H3. The van der Waals surface area contributed by atoms with Crippen molar-refractivity contribution in [3.63, 3.8) is 0 Å². The summed E-state index contributed by atoms with van der Waals surface area (Å²) in [7, 11) is 0. The number of ether oxygens (including phenoxy) is 1. The van der Waals surface area contributed by atoms with Gasteiger partial charge in [-0.15, -0.1) is 0 Å². The lowest BCUT2D eigenvalue weighted by atomic mass is 10.1. The van der Waals surface area contributed by atoms with Crippen molar-refractivity contribution in [2.45, 2.75) is 33.7 Å². The van der Waals surface area contributed by atoms with E-state index in [9.17, 15) is 4.79 Å². The van der Waals surface area contributed by atoms with Gasteiger partial charge in [0.1, 0.15) is 0 Å². The normalized spacial score (nSPS) is 11.1. The molecule has 2 N–H and O–H groups in total. The van der Waals surface area contributed by atoms with E-state index >= 15 is 0 Å². The molecular weight excluding hydrogens is 216 g/mol. The Morgan fingerprint density at radius 3 is 2.76 bits per heavy atom. The van der Waals surface area contributed by atoms with Gasteiger partial charge in [0.05, 0.1) is 12.3 Å². The van der Waals surface area contributed by atoms with Crippen molar-refractivity contribution < 1.29 is 4.74 Å². The SMILES string of the molecule is Cc1cc(=O)n(CCOCCC(C)C)cc1N. The van der Waals surface area contributed by atoms with Gasteiger partial charge in [0.2, 0.25) is 0 Å². The first-order valence-corrected chi connectivity index (χ1v) is 6.05. The van der Waals surface area contributed by atoms with E-state index in [0.717, 1.165) is 18.6 Å². The number of nitrogens with two attached hydrogens (primary N) is 1. The van der Waals surface area contributed by atoms with E-state index < -0.39 is 0 Å². The maximum absolute atomic E-state index is 11.6. The lowest BCUT2D eigenvalue weighted by Crippen LogP contribution is -2.22. The second-order valence-electron chi connectivity index (χ2n) is 4.74. The Labute approximate surface area is 102 Å². The molecule has 1 heterocycles. The Morgan fingerprint density at radius 1 is 1.41 bits per heavy atom. The molecular formula is C13H22N2O2. The monoisotopic (exact) mass is 238 g/mol. The molecule has 0 saturated heterocycles. The zero-order valence-electron chi connectivity index (χ0n) is 10.9. The molecule has 0 saturated carbocycles. The van der Waals surface area contributed by atoms with Gasteiger partial charge >= 0.3 is 0 Å². The maximum atomic E-state index is 11.6. The zero-order valence-corrected chi connectivity index (χ0v) is 10.9. The molecule has 0 radical (unpaired) electrons. The molecule has 96 valence electrons. The molecule has 0 aliphatic heterocycles. The molecule has 0 bridgehead atoms. The third-order valence-electron chi connectivity index (χ3n) is 2.69. The first-order valence-electron chi connectivity index (χ1n) is 6.05. The lowest BCUT2D eigenvalue weighted by molar-refractivity contribution is 0.115. The number of pyridine rings is 1. The largest absolute Gasteiger partial charge is 0.397 e. The number of hydrogen-bond donors (Lipinski definition) is 1. The number of rotatable bonds is 6. The fraction of sp³-hybridized carbons (Fsp3) is 0.615. The van der Waals surface area contributed by atoms with E-state index in [0.29, 0.717) is 24.8 Å². The van der Waals surface area contributed by atoms with Crippen LogP contribution in [0, 0.1) is 12.8 Å². The first kappa shape index (κ1) is 13.8. The smallest absolute Gasteiger partial charge is 0.250 e. The maximum Gasteiger partial charge on any atom is 0.250 e. The molecule has 1 rings (SSSR count). The minimum Gasteiger partial charge on any atom is -0.397 e. The summed E-state index contributed by atoms with van der Waals surface area (Å²) in [6.45, 7) is 8.01. The highest BCUT2D eigenvalue weighted by atomic mass is 16.5. The van der Waals surface area contributed by atoms with Crippen molar-refractivity contribution in [2.24, 2.45) is 5.92 Å². The average molecular weight is 238 g/mol. The fourth-order valence-electron chi connectivity index (χ4n) is 1.44. The van der Waals surface area contributed by atoms with Gasteiger partial charge < -0.3 is 15.0 Å². The molecule has 0 amide bonds. The highest BCUT2D eigenvalue weighted by molar-refractivity contribution is 5.42. The molecule has 0 unspecified atom stereocenters. The summed E-state index contributed by atoms with van der Waals surface area (Å²) < 4.78 is 7.07. The van der Waals surface area contributed by atoms with Crippen LogP contribution in [0.3, 0.4) is 0 Å². The van der Waals surface area contributed by atoms with Gasteiger partial charge in [0, 0.05) is 25.4 Å². The van der Waals surface area contributed by atoms with Gasteiger partial charge in [-0.3, -0.25) is 4.79 Å². The molecule has 0 fully saturated rings.